The van der Waals surface area contributed by atoms with Gasteiger partial charge in [0.05, 0.1) is 0 Å². The smallest absolute Gasteiger partial charge is 0.387 e. The average Bonchev–Trinajstić information content (AvgIpc) is 2.36. The lowest BCUT2D eigenvalue weighted by molar-refractivity contribution is -0.146. The van der Waals surface area contributed by atoms with Crippen LogP contribution in [0, 0.1) is 0 Å². The molecule has 4 nitrogen and oxygen atoms in total. The third kappa shape index (κ3) is 4.76. The first kappa shape index (κ1) is 15.8. The molecule has 0 aliphatic rings. The minimum absolute atomic E-state index is 0.00251. The summed E-state index contributed by atoms with van der Waals surface area (Å²) < 4.78 is 28.8. The highest BCUT2D eigenvalue weighted by Crippen LogP contribution is 2.26. The van der Waals surface area contributed by atoms with Crippen LogP contribution in [0.2, 0.25) is 0 Å². The lowest BCUT2D eigenvalue weighted by Gasteiger charge is -2.13. The largest absolute Gasteiger partial charge is 0.479 e. The molecule has 1 aromatic carbocycles. The quantitative estimate of drug-likeness (QED) is 0.750. The van der Waals surface area contributed by atoms with E-state index >= 15 is 0 Å². The zero-order valence-corrected chi connectivity index (χ0v) is 11.4. The van der Waals surface area contributed by atoms with Crippen LogP contribution in [0.25, 0.3) is 0 Å². The number of aryl methyl sites for hydroxylation is 1. The second kappa shape index (κ2) is 7.40. The Morgan fingerprint density at radius 3 is 2.63 bits per heavy atom. The summed E-state index contributed by atoms with van der Waals surface area (Å²) in [5, 5.41) is 18.8. The van der Waals surface area contributed by atoms with Gasteiger partial charge in [-0.05, 0) is 36.1 Å². The van der Waals surface area contributed by atoms with Gasteiger partial charge in [0, 0.05) is 5.33 Å². The monoisotopic (exact) mass is 338 g/mol. The van der Waals surface area contributed by atoms with Crippen LogP contribution < -0.4 is 4.74 Å². The number of aliphatic carboxylic acids is 1. The van der Waals surface area contributed by atoms with E-state index in [0.29, 0.717) is 23.7 Å². The normalized spacial score (nSPS) is 12.5. The van der Waals surface area contributed by atoms with Crippen LogP contribution in [-0.4, -0.2) is 28.1 Å². The number of benzene rings is 1. The van der Waals surface area contributed by atoms with Crippen molar-refractivity contribution in [3.05, 3.63) is 29.3 Å². The molecular weight excluding hydrogens is 326 g/mol. The standard InChI is InChI=1S/C12H13BrF2O4/c13-5-1-2-7-6-8(10(16)11(17)18)3-4-9(7)19-12(14)15/h3-4,6,10,12,16H,1-2,5H2,(H,17,18). The molecule has 0 saturated carbocycles. The molecule has 0 aliphatic carbocycles. The molecule has 0 amide bonds. The van der Waals surface area contributed by atoms with Crippen LogP contribution in [0.4, 0.5) is 8.78 Å². The van der Waals surface area contributed by atoms with Crippen molar-refractivity contribution in [2.75, 3.05) is 5.33 Å². The molecule has 1 unspecified atom stereocenters. The number of carboxylic acids is 1. The molecule has 1 rings (SSSR count). The SMILES string of the molecule is O=C(O)C(O)c1ccc(OC(F)F)c(CCCBr)c1. The van der Waals surface area contributed by atoms with Gasteiger partial charge >= 0.3 is 12.6 Å². The van der Waals surface area contributed by atoms with Crippen LogP contribution >= 0.6 is 15.9 Å². The van der Waals surface area contributed by atoms with Gasteiger partial charge in [-0.1, -0.05) is 22.0 Å². The second-order valence-electron chi connectivity index (χ2n) is 3.78. The van der Waals surface area contributed by atoms with Crippen LogP contribution in [-0.2, 0) is 11.2 Å². The molecule has 0 aliphatic heterocycles. The van der Waals surface area contributed by atoms with Gasteiger partial charge in [-0.25, -0.2) is 4.79 Å². The Balaban J connectivity index is 3.03. The Bertz CT molecular complexity index is 440. The molecule has 1 aromatic rings. The predicted octanol–water partition coefficient (Wildman–Crippen LogP) is 2.73. The molecule has 19 heavy (non-hydrogen) atoms. The number of halogens is 3. The fourth-order valence-corrected chi connectivity index (χ4v) is 1.86. The molecule has 0 radical (unpaired) electrons. The van der Waals surface area contributed by atoms with Crippen molar-refractivity contribution < 1.29 is 28.5 Å². The number of carbonyl (C=O) groups is 1. The Morgan fingerprint density at radius 1 is 1.42 bits per heavy atom. The molecule has 0 fully saturated rings. The van der Waals surface area contributed by atoms with E-state index in [1.807, 2.05) is 0 Å². The highest BCUT2D eigenvalue weighted by Gasteiger charge is 2.18. The third-order valence-electron chi connectivity index (χ3n) is 2.43. The molecule has 7 heteroatoms. The molecule has 0 aromatic heterocycles. The summed E-state index contributed by atoms with van der Waals surface area (Å²) in [5.74, 6) is -1.40. The molecule has 0 heterocycles. The maximum atomic E-state index is 12.2. The Hall–Kier alpha value is -1.21. The van der Waals surface area contributed by atoms with E-state index in [9.17, 15) is 18.7 Å². The van der Waals surface area contributed by atoms with Crippen molar-refractivity contribution in [1.82, 2.24) is 0 Å². The summed E-state index contributed by atoms with van der Waals surface area (Å²) in [4.78, 5) is 10.7. The first-order valence-electron chi connectivity index (χ1n) is 5.50. The van der Waals surface area contributed by atoms with E-state index in [-0.39, 0.29) is 11.3 Å². The summed E-state index contributed by atoms with van der Waals surface area (Å²) in [7, 11) is 0. The Morgan fingerprint density at radius 2 is 2.11 bits per heavy atom. The lowest BCUT2D eigenvalue weighted by Crippen LogP contribution is -2.12. The second-order valence-corrected chi connectivity index (χ2v) is 4.57. The Labute approximate surface area is 117 Å². The van der Waals surface area contributed by atoms with Gasteiger partial charge < -0.3 is 14.9 Å². The number of aliphatic hydroxyl groups is 1. The van der Waals surface area contributed by atoms with Gasteiger partial charge in [-0.3, -0.25) is 0 Å². The van der Waals surface area contributed by atoms with Gasteiger partial charge in [0.25, 0.3) is 0 Å². The Kier molecular flexibility index (Phi) is 6.17. The van der Waals surface area contributed by atoms with Crippen molar-refractivity contribution in [3.8, 4) is 5.75 Å². The number of aliphatic hydroxyl groups excluding tert-OH is 1. The zero-order valence-electron chi connectivity index (χ0n) is 9.85. The van der Waals surface area contributed by atoms with E-state index < -0.39 is 18.7 Å². The molecule has 0 spiro atoms. The topological polar surface area (TPSA) is 66.8 Å². The fourth-order valence-electron chi connectivity index (χ4n) is 1.58. The predicted molar refractivity (Wildman–Crippen MR) is 67.8 cm³/mol. The molecule has 2 N–H and O–H groups in total. The van der Waals surface area contributed by atoms with Gasteiger partial charge in [-0.15, -0.1) is 0 Å². The van der Waals surface area contributed by atoms with E-state index in [1.54, 1.807) is 0 Å². The number of carboxylic acid groups (broad SMARTS) is 1. The number of hydrogen-bond acceptors (Lipinski definition) is 3. The molecule has 1 atom stereocenters. The molecule has 0 saturated heterocycles. The maximum absolute atomic E-state index is 12.2. The van der Waals surface area contributed by atoms with Crippen LogP contribution in [0.5, 0.6) is 5.75 Å². The van der Waals surface area contributed by atoms with Crippen molar-refractivity contribution in [1.29, 1.82) is 0 Å². The van der Waals surface area contributed by atoms with Crippen molar-refractivity contribution in [3.63, 3.8) is 0 Å². The van der Waals surface area contributed by atoms with Gasteiger partial charge in [-0.2, -0.15) is 8.78 Å². The summed E-state index contributed by atoms with van der Waals surface area (Å²) in [5.41, 5.74) is 0.580. The van der Waals surface area contributed by atoms with Crippen LogP contribution in [0.3, 0.4) is 0 Å². The molecular formula is C12H13BrF2O4. The molecule has 0 bridgehead atoms. The summed E-state index contributed by atoms with van der Waals surface area (Å²) in [6, 6.07) is 3.88. The fraction of sp³-hybridized carbons (Fsp3) is 0.417. The highest BCUT2D eigenvalue weighted by atomic mass is 79.9. The minimum Gasteiger partial charge on any atom is -0.479 e. The number of rotatable bonds is 7. The number of ether oxygens (including phenoxy) is 1. The van der Waals surface area contributed by atoms with Crippen LogP contribution in [0.1, 0.15) is 23.7 Å². The summed E-state index contributed by atoms with van der Waals surface area (Å²) in [6.45, 7) is -2.95. The van der Waals surface area contributed by atoms with E-state index in [4.69, 9.17) is 5.11 Å². The van der Waals surface area contributed by atoms with Crippen molar-refractivity contribution >= 4 is 21.9 Å². The average molecular weight is 339 g/mol. The van der Waals surface area contributed by atoms with Crippen molar-refractivity contribution in [2.24, 2.45) is 0 Å². The lowest BCUT2D eigenvalue weighted by atomic mass is 10.0. The van der Waals surface area contributed by atoms with Gasteiger partial charge in [0.1, 0.15) is 5.75 Å². The minimum atomic E-state index is -2.95. The van der Waals surface area contributed by atoms with Crippen LogP contribution in [0.15, 0.2) is 18.2 Å². The molecule has 106 valence electrons. The third-order valence-corrected chi connectivity index (χ3v) is 2.99. The number of hydrogen-bond donors (Lipinski definition) is 2. The summed E-state index contributed by atoms with van der Waals surface area (Å²) >= 11 is 3.22. The zero-order chi connectivity index (χ0) is 14.4. The van der Waals surface area contributed by atoms with Gasteiger partial charge in [0.15, 0.2) is 6.10 Å². The summed E-state index contributed by atoms with van der Waals surface area (Å²) in [6.07, 6.45) is -0.567. The number of alkyl halides is 3. The van der Waals surface area contributed by atoms with E-state index in [2.05, 4.69) is 20.7 Å². The first-order valence-corrected chi connectivity index (χ1v) is 6.62. The first-order chi connectivity index (χ1) is 8.95. The van der Waals surface area contributed by atoms with Crippen molar-refractivity contribution in [2.45, 2.75) is 25.6 Å². The van der Waals surface area contributed by atoms with Gasteiger partial charge in [0.2, 0.25) is 0 Å². The highest BCUT2D eigenvalue weighted by molar-refractivity contribution is 9.09. The van der Waals surface area contributed by atoms with E-state index in [0.717, 1.165) is 0 Å². The maximum Gasteiger partial charge on any atom is 0.387 e. The van der Waals surface area contributed by atoms with E-state index in [1.165, 1.54) is 18.2 Å².